The van der Waals surface area contributed by atoms with Crippen molar-refractivity contribution in [3.05, 3.63) is 29.6 Å². The number of aryl methyl sites for hydroxylation is 2. The van der Waals surface area contributed by atoms with Crippen molar-refractivity contribution >= 4 is 0 Å². The molecule has 1 aromatic heterocycles. The van der Waals surface area contributed by atoms with E-state index in [9.17, 15) is 0 Å². The van der Waals surface area contributed by atoms with Gasteiger partial charge in [-0.2, -0.15) is 0 Å². The minimum atomic E-state index is 0.241. The van der Waals surface area contributed by atoms with Gasteiger partial charge in [0.15, 0.2) is 0 Å². The molecule has 0 bridgehead atoms. The van der Waals surface area contributed by atoms with Gasteiger partial charge in [-0.15, -0.1) is 0 Å². The lowest BCUT2D eigenvalue weighted by molar-refractivity contribution is 0.419. The lowest BCUT2D eigenvalue weighted by Crippen LogP contribution is -2.36. The highest BCUT2D eigenvalue weighted by Gasteiger charge is 2.06. The summed E-state index contributed by atoms with van der Waals surface area (Å²) in [5, 5.41) is 3.50. The molecule has 1 rings (SSSR count). The van der Waals surface area contributed by atoms with Crippen LogP contribution in [0, 0.1) is 6.92 Å². The van der Waals surface area contributed by atoms with E-state index in [0.717, 1.165) is 18.7 Å². The van der Waals surface area contributed by atoms with Crippen LogP contribution in [0.4, 0.5) is 0 Å². The van der Waals surface area contributed by atoms with E-state index >= 15 is 0 Å². The minimum Gasteiger partial charge on any atom is -0.312 e. The van der Waals surface area contributed by atoms with Gasteiger partial charge in [-0.25, -0.2) is 0 Å². The van der Waals surface area contributed by atoms with Gasteiger partial charge in [0.05, 0.1) is 0 Å². The van der Waals surface area contributed by atoms with Crippen LogP contribution >= 0.6 is 0 Å². The summed E-state index contributed by atoms with van der Waals surface area (Å²) in [6, 6.07) is 4.27. The molecule has 2 heteroatoms. The van der Waals surface area contributed by atoms with Crippen LogP contribution < -0.4 is 5.32 Å². The van der Waals surface area contributed by atoms with Crippen molar-refractivity contribution in [3.8, 4) is 0 Å². The first kappa shape index (κ1) is 13.2. The number of nitrogens with one attached hydrogen (secondary N) is 1. The van der Waals surface area contributed by atoms with Gasteiger partial charge in [-0.3, -0.25) is 4.98 Å². The SMILES string of the molecule is Cc1ccc(CCCCNC(C)(C)C)cn1. The lowest BCUT2D eigenvalue weighted by Gasteiger charge is -2.20. The number of rotatable bonds is 5. The highest BCUT2D eigenvalue weighted by atomic mass is 14.9. The van der Waals surface area contributed by atoms with E-state index in [2.05, 4.69) is 43.2 Å². The monoisotopic (exact) mass is 220 g/mol. The molecular formula is C14H24N2. The van der Waals surface area contributed by atoms with Crippen LogP contribution in [0.15, 0.2) is 18.3 Å². The largest absolute Gasteiger partial charge is 0.312 e. The third kappa shape index (κ3) is 5.86. The van der Waals surface area contributed by atoms with E-state index in [0.29, 0.717) is 0 Å². The first-order valence-electron chi connectivity index (χ1n) is 6.14. The molecule has 0 aliphatic rings. The topological polar surface area (TPSA) is 24.9 Å². The number of aromatic nitrogens is 1. The Morgan fingerprint density at radius 2 is 1.94 bits per heavy atom. The summed E-state index contributed by atoms with van der Waals surface area (Å²) in [5.74, 6) is 0. The molecule has 1 heterocycles. The molecule has 0 aromatic carbocycles. The first-order chi connectivity index (χ1) is 7.47. The molecule has 0 unspecified atom stereocenters. The second kappa shape index (κ2) is 6.00. The van der Waals surface area contributed by atoms with Crippen molar-refractivity contribution in [3.63, 3.8) is 0 Å². The summed E-state index contributed by atoms with van der Waals surface area (Å²) in [6.07, 6.45) is 5.59. The van der Waals surface area contributed by atoms with Gasteiger partial charge in [0.2, 0.25) is 0 Å². The van der Waals surface area contributed by atoms with E-state index in [1.807, 2.05) is 13.1 Å². The fourth-order valence-corrected chi connectivity index (χ4v) is 1.56. The van der Waals surface area contributed by atoms with Gasteiger partial charge in [-0.1, -0.05) is 6.07 Å². The van der Waals surface area contributed by atoms with Crippen molar-refractivity contribution in [2.75, 3.05) is 6.54 Å². The number of unbranched alkanes of at least 4 members (excludes halogenated alkanes) is 1. The van der Waals surface area contributed by atoms with Crippen molar-refractivity contribution < 1.29 is 0 Å². The van der Waals surface area contributed by atoms with Crippen LogP contribution in [0.3, 0.4) is 0 Å². The minimum absolute atomic E-state index is 0.241. The predicted octanol–water partition coefficient (Wildman–Crippen LogP) is 3.10. The maximum Gasteiger partial charge on any atom is 0.0372 e. The number of nitrogens with zero attached hydrogens (tertiary/aromatic N) is 1. The van der Waals surface area contributed by atoms with Crippen LogP contribution in [0.1, 0.15) is 44.9 Å². The second-order valence-corrected chi connectivity index (χ2v) is 5.44. The summed E-state index contributed by atoms with van der Waals surface area (Å²) >= 11 is 0. The van der Waals surface area contributed by atoms with E-state index < -0.39 is 0 Å². The Hall–Kier alpha value is -0.890. The third-order valence-electron chi connectivity index (χ3n) is 2.52. The van der Waals surface area contributed by atoms with Crippen LogP contribution in [0.5, 0.6) is 0 Å². The number of pyridine rings is 1. The standard InChI is InChI=1S/C14H24N2/c1-12-8-9-13(11-15-12)7-5-6-10-16-14(2,3)4/h8-9,11,16H,5-7,10H2,1-4H3. The molecule has 0 fully saturated rings. The zero-order valence-corrected chi connectivity index (χ0v) is 11.0. The zero-order valence-electron chi connectivity index (χ0n) is 11.0. The van der Waals surface area contributed by atoms with Gasteiger partial charge in [0, 0.05) is 17.4 Å². The Labute approximate surface area is 99.5 Å². The lowest BCUT2D eigenvalue weighted by atomic mass is 10.1. The molecule has 0 saturated heterocycles. The van der Waals surface area contributed by atoms with Gasteiger partial charge in [0.25, 0.3) is 0 Å². The molecule has 0 spiro atoms. The molecule has 2 nitrogen and oxygen atoms in total. The normalized spacial score (nSPS) is 11.8. The Morgan fingerprint density at radius 1 is 1.19 bits per heavy atom. The highest BCUT2D eigenvalue weighted by Crippen LogP contribution is 2.05. The summed E-state index contributed by atoms with van der Waals surface area (Å²) in [7, 11) is 0. The summed E-state index contributed by atoms with van der Waals surface area (Å²) in [5.41, 5.74) is 2.69. The summed E-state index contributed by atoms with van der Waals surface area (Å²) in [6.45, 7) is 9.74. The first-order valence-corrected chi connectivity index (χ1v) is 6.14. The quantitative estimate of drug-likeness (QED) is 0.771. The molecule has 0 aliphatic heterocycles. The smallest absolute Gasteiger partial charge is 0.0372 e. The molecule has 1 aromatic rings. The van der Waals surface area contributed by atoms with Crippen molar-refractivity contribution in [2.45, 2.75) is 52.5 Å². The van der Waals surface area contributed by atoms with Gasteiger partial charge < -0.3 is 5.32 Å². The third-order valence-corrected chi connectivity index (χ3v) is 2.52. The van der Waals surface area contributed by atoms with Gasteiger partial charge >= 0.3 is 0 Å². The second-order valence-electron chi connectivity index (χ2n) is 5.44. The Balaban J connectivity index is 2.14. The van der Waals surface area contributed by atoms with Crippen molar-refractivity contribution in [1.29, 1.82) is 0 Å². The Bertz CT molecular complexity index is 296. The molecule has 0 aliphatic carbocycles. The van der Waals surface area contributed by atoms with Crippen molar-refractivity contribution in [2.24, 2.45) is 0 Å². The molecule has 90 valence electrons. The molecule has 0 saturated carbocycles. The molecular weight excluding hydrogens is 196 g/mol. The maximum absolute atomic E-state index is 4.30. The highest BCUT2D eigenvalue weighted by molar-refractivity contribution is 5.12. The van der Waals surface area contributed by atoms with Crippen LogP contribution in [-0.2, 0) is 6.42 Å². The van der Waals surface area contributed by atoms with Gasteiger partial charge in [0.1, 0.15) is 0 Å². The van der Waals surface area contributed by atoms with Crippen LogP contribution in [0.25, 0.3) is 0 Å². The molecule has 1 N–H and O–H groups in total. The average Bonchev–Trinajstić information content (AvgIpc) is 2.19. The predicted molar refractivity (Wildman–Crippen MR) is 69.7 cm³/mol. The molecule has 0 amide bonds. The number of hydrogen-bond acceptors (Lipinski definition) is 2. The van der Waals surface area contributed by atoms with Crippen LogP contribution in [0.2, 0.25) is 0 Å². The Morgan fingerprint density at radius 3 is 2.50 bits per heavy atom. The number of hydrogen-bond donors (Lipinski definition) is 1. The molecule has 0 atom stereocenters. The van der Waals surface area contributed by atoms with E-state index in [1.165, 1.54) is 18.4 Å². The maximum atomic E-state index is 4.30. The molecule has 0 radical (unpaired) electrons. The summed E-state index contributed by atoms with van der Waals surface area (Å²) in [4.78, 5) is 4.30. The Kier molecular flexibility index (Phi) is 4.94. The van der Waals surface area contributed by atoms with Crippen molar-refractivity contribution in [1.82, 2.24) is 10.3 Å². The van der Waals surface area contributed by atoms with E-state index in [4.69, 9.17) is 0 Å². The van der Waals surface area contributed by atoms with E-state index in [1.54, 1.807) is 0 Å². The van der Waals surface area contributed by atoms with Gasteiger partial charge in [-0.05, 0) is 65.1 Å². The van der Waals surface area contributed by atoms with Crippen LogP contribution in [-0.4, -0.2) is 17.1 Å². The zero-order chi connectivity index (χ0) is 12.0. The fourth-order valence-electron chi connectivity index (χ4n) is 1.56. The van der Waals surface area contributed by atoms with E-state index in [-0.39, 0.29) is 5.54 Å². The summed E-state index contributed by atoms with van der Waals surface area (Å²) < 4.78 is 0. The average molecular weight is 220 g/mol. The fraction of sp³-hybridized carbons (Fsp3) is 0.643. The molecule has 16 heavy (non-hydrogen) atoms.